The van der Waals surface area contributed by atoms with E-state index in [-0.39, 0.29) is 25.0 Å². The zero-order chi connectivity index (χ0) is 38.3. The lowest BCUT2D eigenvalue weighted by Gasteiger charge is -2.28. The maximum atomic E-state index is 14.3. The van der Waals surface area contributed by atoms with Gasteiger partial charge in [-0.3, -0.25) is 9.59 Å². The number of halogens is 6. The average Bonchev–Trinajstić information content (AvgIpc) is 3.10. The predicted molar refractivity (Wildman–Crippen MR) is 178 cm³/mol. The Balaban J connectivity index is 1.56. The number of hydrogen-bond donors (Lipinski definition) is 0. The van der Waals surface area contributed by atoms with E-state index in [1.807, 2.05) is 0 Å². The van der Waals surface area contributed by atoms with Crippen LogP contribution in [0.1, 0.15) is 114 Å². The fourth-order valence-electron chi connectivity index (χ4n) is 6.94. The molecule has 0 N–H and O–H groups in total. The normalized spacial score (nSPS) is 20.7. The third-order valence-corrected chi connectivity index (χ3v) is 9.81. The summed E-state index contributed by atoms with van der Waals surface area (Å²) in [6.07, 6.45) is 1.13. The minimum Gasteiger partial charge on any atom is -0.463 e. The third kappa shape index (κ3) is 13.6. The summed E-state index contributed by atoms with van der Waals surface area (Å²) in [6.45, 7) is 7.21. The second kappa shape index (κ2) is 20.4. The van der Waals surface area contributed by atoms with E-state index in [2.05, 4.69) is 13.2 Å². The first-order valence-corrected chi connectivity index (χ1v) is 18.0. The summed E-state index contributed by atoms with van der Waals surface area (Å²) in [4.78, 5) is 48.1. The molecular weight excluding hydrogens is 698 g/mol. The van der Waals surface area contributed by atoms with Gasteiger partial charge in [0, 0.05) is 12.2 Å². The number of benzene rings is 1. The molecule has 290 valence electrons. The Labute approximate surface area is 300 Å². The molecule has 2 fully saturated rings. The van der Waals surface area contributed by atoms with Gasteiger partial charge in [-0.15, -0.1) is 0 Å². The highest BCUT2D eigenvalue weighted by Gasteiger charge is 2.49. The van der Waals surface area contributed by atoms with Gasteiger partial charge in [-0.25, -0.2) is 9.59 Å². The molecule has 1 aromatic rings. The molecule has 0 bridgehead atoms. The molecule has 0 aliphatic heterocycles. The van der Waals surface area contributed by atoms with Gasteiger partial charge in [0.15, 0.2) is 0 Å². The van der Waals surface area contributed by atoms with Gasteiger partial charge in [0.2, 0.25) is 0 Å². The first kappa shape index (κ1) is 42.6. The summed E-state index contributed by atoms with van der Waals surface area (Å²) in [6, 6.07) is 1.21. The van der Waals surface area contributed by atoms with E-state index in [9.17, 15) is 45.5 Å². The van der Waals surface area contributed by atoms with Crippen LogP contribution in [0, 0.1) is 23.7 Å². The Morgan fingerprint density at radius 1 is 0.577 bits per heavy atom. The van der Waals surface area contributed by atoms with E-state index < -0.39 is 70.7 Å². The molecule has 2 aliphatic carbocycles. The Hall–Kier alpha value is -3.84. The number of hydrogen-bond acceptors (Lipinski definition) is 8. The van der Waals surface area contributed by atoms with Gasteiger partial charge in [-0.05, 0) is 88.2 Å². The van der Waals surface area contributed by atoms with E-state index in [0.29, 0.717) is 76.3 Å². The molecule has 3 rings (SSSR count). The van der Waals surface area contributed by atoms with Crippen molar-refractivity contribution in [1.82, 2.24) is 0 Å². The Morgan fingerprint density at radius 3 is 1.23 bits per heavy atom. The van der Waals surface area contributed by atoms with Gasteiger partial charge >= 0.3 is 36.2 Å². The van der Waals surface area contributed by atoms with Crippen LogP contribution in [0.15, 0.2) is 37.4 Å². The second-order valence-electron chi connectivity index (χ2n) is 13.5. The molecule has 0 aromatic heterocycles. The topological polar surface area (TPSA) is 105 Å². The predicted octanol–water partition coefficient (Wildman–Crippen LogP) is 9.73. The Morgan fingerprint density at radius 2 is 0.923 bits per heavy atom. The fourth-order valence-corrected chi connectivity index (χ4v) is 6.94. The summed E-state index contributed by atoms with van der Waals surface area (Å²) in [5.74, 6) is -6.64. The number of carbonyl (C=O) groups is 4. The molecule has 0 spiro atoms. The number of alkyl halides is 6. The molecule has 8 nitrogen and oxygen atoms in total. The molecule has 14 heteroatoms. The zero-order valence-corrected chi connectivity index (χ0v) is 29.3. The van der Waals surface area contributed by atoms with Crippen LogP contribution >= 0.6 is 0 Å². The van der Waals surface area contributed by atoms with Crippen molar-refractivity contribution in [3.63, 3.8) is 0 Å². The third-order valence-electron chi connectivity index (χ3n) is 9.81. The SMILES string of the molecule is C=CC(=O)OCCCCCC1CCC(C(=O)Oc2ccc(OC(=O)C3CCC(CCCCCOC(=O)C=C)CC3)c(C(F)(F)F)c2C(F)(F)F)CC1. The quantitative estimate of drug-likeness (QED) is 0.0481. The van der Waals surface area contributed by atoms with Crippen molar-refractivity contribution in [2.75, 3.05) is 13.2 Å². The van der Waals surface area contributed by atoms with E-state index in [4.69, 9.17) is 18.9 Å². The van der Waals surface area contributed by atoms with Crippen molar-refractivity contribution in [3.05, 3.63) is 48.6 Å². The highest BCUT2D eigenvalue weighted by atomic mass is 19.4. The number of unbranched alkanes of at least 4 members (excludes halogenated alkanes) is 4. The van der Waals surface area contributed by atoms with E-state index in [1.165, 1.54) is 0 Å². The second-order valence-corrected chi connectivity index (χ2v) is 13.5. The summed E-state index contributed by atoms with van der Waals surface area (Å²) >= 11 is 0. The minimum atomic E-state index is -5.59. The molecule has 0 amide bonds. The van der Waals surface area contributed by atoms with Gasteiger partial charge in [0.05, 0.1) is 25.0 Å². The fraction of sp³-hybridized carbons (Fsp3) is 0.632. The van der Waals surface area contributed by atoms with Gasteiger partial charge in [0.25, 0.3) is 0 Å². The van der Waals surface area contributed by atoms with Crippen LogP contribution in [0.25, 0.3) is 0 Å². The van der Waals surface area contributed by atoms with Crippen molar-refractivity contribution in [3.8, 4) is 11.5 Å². The highest BCUT2D eigenvalue weighted by molar-refractivity contribution is 5.81. The molecule has 0 unspecified atom stereocenters. The van der Waals surface area contributed by atoms with E-state index >= 15 is 0 Å². The highest BCUT2D eigenvalue weighted by Crippen LogP contribution is 2.50. The molecule has 1 aromatic carbocycles. The molecular formula is C38H48F6O8. The molecule has 0 radical (unpaired) electrons. The molecule has 52 heavy (non-hydrogen) atoms. The average molecular weight is 747 g/mol. The van der Waals surface area contributed by atoms with Crippen molar-refractivity contribution in [2.24, 2.45) is 23.7 Å². The summed E-state index contributed by atoms with van der Waals surface area (Å²) in [5, 5.41) is 0. The van der Waals surface area contributed by atoms with Crippen LogP contribution < -0.4 is 9.47 Å². The Bertz CT molecular complexity index is 1270. The number of carbonyl (C=O) groups excluding carboxylic acids is 4. The van der Waals surface area contributed by atoms with Crippen LogP contribution in [-0.4, -0.2) is 37.1 Å². The van der Waals surface area contributed by atoms with Crippen LogP contribution in [0.4, 0.5) is 26.3 Å². The van der Waals surface area contributed by atoms with Gasteiger partial charge < -0.3 is 18.9 Å². The lowest BCUT2D eigenvalue weighted by atomic mass is 9.80. The van der Waals surface area contributed by atoms with Gasteiger partial charge in [-0.1, -0.05) is 51.7 Å². The lowest BCUT2D eigenvalue weighted by Crippen LogP contribution is -2.29. The molecule has 0 atom stereocenters. The molecule has 0 heterocycles. The van der Waals surface area contributed by atoms with Crippen molar-refractivity contribution in [1.29, 1.82) is 0 Å². The smallest absolute Gasteiger partial charge is 0.420 e. The summed E-state index contributed by atoms with van der Waals surface area (Å²) in [7, 11) is 0. The zero-order valence-electron chi connectivity index (χ0n) is 29.3. The van der Waals surface area contributed by atoms with Crippen molar-refractivity contribution >= 4 is 23.9 Å². The standard InChI is InChI=1S/C38H48F6O8/c1-3-31(45)49-23-9-5-7-11-25-13-17-27(18-14-25)35(47)51-29-21-22-30(34(38(42,43)44)33(29)37(39,40)41)52-36(48)28-19-15-26(16-20-28)12-8-6-10-24-50-32(46)4-2/h3-4,21-22,25-28H,1-2,5-20,23-24H2. The lowest BCUT2D eigenvalue weighted by molar-refractivity contribution is -0.166. The monoisotopic (exact) mass is 746 g/mol. The molecule has 2 saturated carbocycles. The number of rotatable bonds is 18. The van der Waals surface area contributed by atoms with E-state index in [1.54, 1.807) is 0 Å². The van der Waals surface area contributed by atoms with Crippen LogP contribution in [0.5, 0.6) is 11.5 Å². The van der Waals surface area contributed by atoms with Gasteiger partial charge in [-0.2, -0.15) is 26.3 Å². The summed E-state index contributed by atoms with van der Waals surface area (Å²) < 4.78 is 106. The summed E-state index contributed by atoms with van der Waals surface area (Å²) in [5.41, 5.74) is -4.43. The number of ether oxygens (including phenoxy) is 4. The van der Waals surface area contributed by atoms with Crippen molar-refractivity contribution in [2.45, 2.75) is 115 Å². The van der Waals surface area contributed by atoms with Crippen LogP contribution in [-0.2, 0) is 41.0 Å². The maximum Gasteiger partial charge on any atom is 0.420 e. The van der Waals surface area contributed by atoms with Crippen LogP contribution in [0.2, 0.25) is 0 Å². The maximum absolute atomic E-state index is 14.3. The van der Waals surface area contributed by atoms with Crippen LogP contribution in [0.3, 0.4) is 0 Å². The van der Waals surface area contributed by atoms with Crippen molar-refractivity contribution < 1.29 is 64.5 Å². The van der Waals surface area contributed by atoms with E-state index in [0.717, 1.165) is 50.7 Å². The molecule has 0 saturated heterocycles. The largest absolute Gasteiger partial charge is 0.463 e. The van der Waals surface area contributed by atoms with Gasteiger partial charge in [0.1, 0.15) is 22.6 Å². The minimum absolute atomic E-state index is 0.276. The molecule has 2 aliphatic rings. The number of esters is 4. The first-order valence-electron chi connectivity index (χ1n) is 18.0. The first-order chi connectivity index (χ1) is 24.6. The Kier molecular flexibility index (Phi) is 16.7.